The van der Waals surface area contributed by atoms with Crippen LogP contribution in [0, 0.1) is 5.92 Å². The normalized spacial score (nSPS) is 34.3. The fraction of sp³-hybridized carbons (Fsp3) is 0.389. The molecule has 100 valence electrons. The van der Waals surface area contributed by atoms with Crippen LogP contribution in [-0.4, -0.2) is 11.9 Å². The van der Waals surface area contributed by atoms with E-state index in [4.69, 9.17) is 4.74 Å². The summed E-state index contributed by atoms with van der Waals surface area (Å²) in [5.41, 5.74) is 1.34. The van der Waals surface area contributed by atoms with Gasteiger partial charge in [-0.3, -0.25) is 4.79 Å². The molecule has 0 amide bonds. The van der Waals surface area contributed by atoms with Gasteiger partial charge in [-0.1, -0.05) is 49.2 Å². The van der Waals surface area contributed by atoms with Crippen LogP contribution in [0.4, 0.5) is 0 Å². The molecule has 3 unspecified atom stereocenters. The van der Waals surface area contributed by atoms with Crippen LogP contribution in [0.1, 0.15) is 41.6 Å². The maximum Gasteiger partial charge on any atom is 0.200 e. The lowest BCUT2D eigenvalue weighted by atomic mass is 9.66. The predicted octanol–water partition coefficient (Wildman–Crippen LogP) is 3.82. The summed E-state index contributed by atoms with van der Waals surface area (Å²) in [7, 11) is 0. The highest BCUT2D eigenvalue weighted by Gasteiger charge is 2.64. The Labute approximate surface area is 117 Å². The summed E-state index contributed by atoms with van der Waals surface area (Å²) in [6.07, 6.45) is 5.01. The maximum atomic E-state index is 13.0. The number of rotatable bonds is 0. The summed E-state index contributed by atoms with van der Waals surface area (Å²) < 4.78 is 6.23. The average Bonchev–Trinajstić information content (AvgIpc) is 2.73. The van der Waals surface area contributed by atoms with Crippen LogP contribution in [0.5, 0.6) is 0 Å². The summed E-state index contributed by atoms with van der Waals surface area (Å²) in [6, 6.07) is 12.3. The quantitative estimate of drug-likeness (QED) is 0.723. The van der Waals surface area contributed by atoms with Crippen molar-refractivity contribution in [2.45, 2.75) is 37.4 Å². The van der Waals surface area contributed by atoms with Crippen molar-refractivity contribution in [2.75, 3.05) is 0 Å². The molecule has 2 aliphatic carbocycles. The van der Waals surface area contributed by atoms with Crippen LogP contribution >= 0.6 is 0 Å². The number of carbonyl (C=O) groups is 1. The Bertz CT molecular complexity index is 743. The number of hydrogen-bond acceptors (Lipinski definition) is 2. The Morgan fingerprint density at radius 1 is 1.05 bits per heavy atom. The van der Waals surface area contributed by atoms with E-state index in [0.29, 0.717) is 12.0 Å². The van der Waals surface area contributed by atoms with Gasteiger partial charge in [-0.05, 0) is 23.6 Å². The molecule has 2 nitrogen and oxygen atoms in total. The van der Waals surface area contributed by atoms with E-state index in [1.54, 1.807) is 0 Å². The van der Waals surface area contributed by atoms with Gasteiger partial charge < -0.3 is 4.74 Å². The number of benzene rings is 2. The molecular formula is C18H16O2. The number of ether oxygens (including phenoxy) is 1. The lowest BCUT2D eigenvalue weighted by Gasteiger charge is -2.54. The van der Waals surface area contributed by atoms with E-state index in [9.17, 15) is 4.79 Å². The molecule has 1 saturated carbocycles. The minimum Gasteiger partial charge on any atom is -0.358 e. The second kappa shape index (κ2) is 3.50. The molecule has 2 aromatic carbocycles. The van der Waals surface area contributed by atoms with Crippen molar-refractivity contribution < 1.29 is 9.53 Å². The van der Waals surface area contributed by atoms with Crippen molar-refractivity contribution in [1.29, 1.82) is 0 Å². The Hall–Kier alpha value is -1.67. The molecule has 2 fully saturated rings. The fourth-order valence-corrected chi connectivity index (χ4v) is 4.60. The first-order valence-electron chi connectivity index (χ1n) is 7.57. The SMILES string of the molecule is O=C1c2cccc3cccc(c23)C12OC1CCCCC12. The van der Waals surface area contributed by atoms with Crippen LogP contribution in [0.3, 0.4) is 0 Å². The minimum atomic E-state index is -0.645. The molecule has 1 spiro atoms. The van der Waals surface area contributed by atoms with Crippen molar-refractivity contribution in [1.82, 2.24) is 0 Å². The van der Waals surface area contributed by atoms with Gasteiger partial charge in [0, 0.05) is 17.0 Å². The Balaban J connectivity index is 1.78. The van der Waals surface area contributed by atoms with Crippen molar-refractivity contribution in [3.05, 3.63) is 47.5 Å². The summed E-state index contributed by atoms with van der Waals surface area (Å²) in [4.78, 5) is 13.0. The van der Waals surface area contributed by atoms with Crippen molar-refractivity contribution >= 4 is 16.6 Å². The molecule has 1 aliphatic heterocycles. The Morgan fingerprint density at radius 2 is 1.85 bits per heavy atom. The van der Waals surface area contributed by atoms with Crippen molar-refractivity contribution in [3.8, 4) is 0 Å². The van der Waals surface area contributed by atoms with Crippen molar-refractivity contribution in [3.63, 3.8) is 0 Å². The van der Waals surface area contributed by atoms with Crippen LogP contribution in [0.15, 0.2) is 36.4 Å². The monoisotopic (exact) mass is 264 g/mol. The molecule has 3 aliphatic rings. The molecule has 1 heterocycles. The second-order valence-corrected chi connectivity index (χ2v) is 6.32. The second-order valence-electron chi connectivity index (χ2n) is 6.32. The molecule has 2 heteroatoms. The smallest absolute Gasteiger partial charge is 0.200 e. The Kier molecular flexibility index (Phi) is 1.93. The third-order valence-electron chi connectivity index (χ3n) is 5.45. The van der Waals surface area contributed by atoms with Gasteiger partial charge in [0.1, 0.15) is 0 Å². The van der Waals surface area contributed by atoms with Crippen molar-refractivity contribution in [2.24, 2.45) is 5.92 Å². The van der Waals surface area contributed by atoms with Crippen LogP contribution in [-0.2, 0) is 10.3 Å². The van der Waals surface area contributed by atoms with Crippen LogP contribution < -0.4 is 0 Å². The topological polar surface area (TPSA) is 26.3 Å². The molecule has 0 aromatic heterocycles. The lowest BCUT2D eigenvalue weighted by Crippen LogP contribution is -2.61. The summed E-state index contributed by atoms with van der Waals surface area (Å²) in [6.45, 7) is 0. The first kappa shape index (κ1) is 11.0. The van der Waals surface area contributed by atoms with E-state index in [0.717, 1.165) is 34.7 Å². The molecule has 20 heavy (non-hydrogen) atoms. The first-order valence-corrected chi connectivity index (χ1v) is 7.57. The molecule has 0 radical (unpaired) electrons. The van der Waals surface area contributed by atoms with Crippen LogP contribution in [0.25, 0.3) is 10.8 Å². The number of carbonyl (C=O) groups excluding carboxylic acids is 1. The zero-order chi connectivity index (χ0) is 13.3. The first-order chi connectivity index (χ1) is 9.82. The van der Waals surface area contributed by atoms with Crippen LogP contribution in [0.2, 0.25) is 0 Å². The summed E-state index contributed by atoms with van der Waals surface area (Å²) >= 11 is 0. The van der Waals surface area contributed by atoms with E-state index >= 15 is 0 Å². The number of hydrogen-bond donors (Lipinski definition) is 0. The number of ketones is 1. The molecule has 5 rings (SSSR count). The maximum absolute atomic E-state index is 13.0. The van der Waals surface area contributed by atoms with Gasteiger partial charge in [0.05, 0.1) is 6.10 Å². The van der Waals surface area contributed by atoms with E-state index in [-0.39, 0.29) is 5.78 Å². The van der Waals surface area contributed by atoms with Gasteiger partial charge in [0.2, 0.25) is 0 Å². The third kappa shape index (κ3) is 1.05. The van der Waals surface area contributed by atoms with Gasteiger partial charge in [-0.15, -0.1) is 0 Å². The lowest BCUT2D eigenvalue weighted by molar-refractivity contribution is -0.249. The highest BCUT2D eigenvalue weighted by atomic mass is 16.5. The summed E-state index contributed by atoms with van der Waals surface area (Å²) in [5, 5.41) is 2.29. The fourth-order valence-electron chi connectivity index (χ4n) is 4.60. The molecule has 3 atom stereocenters. The Morgan fingerprint density at radius 3 is 2.70 bits per heavy atom. The largest absolute Gasteiger partial charge is 0.358 e. The van der Waals surface area contributed by atoms with E-state index < -0.39 is 5.60 Å². The van der Waals surface area contributed by atoms with Gasteiger partial charge in [0.15, 0.2) is 11.4 Å². The van der Waals surface area contributed by atoms with Gasteiger partial charge in [0.25, 0.3) is 0 Å². The molecular weight excluding hydrogens is 248 g/mol. The summed E-state index contributed by atoms with van der Waals surface area (Å²) in [5.74, 6) is 0.592. The van der Waals surface area contributed by atoms with Gasteiger partial charge in [-0.25, -0.2) is 0 Å². The highest BCUT2D eigenvalue weighted by molar-refractivity contribution is 6.20. The predicted molar refractivity (Wildman–Crippen MR) is 76.8 cm³/mol. The third-order valence-corrected chi connectivity index (χ3v) is 5.45. The van der Waals surface area contributed by atoms with E-state index in [1.165, 1.54) is 12.8 Å². The van der Waals surface area contributed by atoms with Gasteiger partial charge >= 0.3 is 0 Å². The molecule has 0 bridgehead atoms. The number of fused-ring (bicyclic) bond motifs is 3. The zero-order valence-corrected chi connectivity index (χ0v) is 11.3. The average molecular weight is 264 g/mol. The molecule has 0 N–H and O–H groups in total. The van der Waals surface area contributed by atoms with Gasteiger partial charge in [-0.2, -0.15) is 0 Å². The number of Topliss-reactive ketones (excluding diaryl/α,β-unsaturated/α-hetero) is 1. The standard InChI is InChI=1S/C18H16O2/c19-17-12-7-3-5-11-6-4-9-14(16(11)12)18(17)13-8-1-2-10-15(13)20-18/h3-7,9,13,15H,1-2,8,10H2. The van der Waals surface area contributed by atoms with E-state index in [1.807, 2.05) is 12.1 Å². The minimum absolute atomic E-state index is 0.201. The molecule has 1 saturated heterocycles. The van der Waals surface area contributed by atoms with E-state index in [2.05, 4.69) is 24.3 Å². The molecule has 2 aromatic rings. The zero-order valence-electron chi connectivity index (χ0n) is 11.3. The highest BCUT2D eigenvalue weighted by Crippen LogP contribution is 2.59.